The zero-order valence-corrected chi connectivity index (χ0v) is 21.2. The van der Waals surface area contributed by atoms with E-state index in [1.54, 1.807) is 0 Å². The first kappa shape index (κ1) is 24.8. The quantitative estimate of drug-likeness (QED) is 0.319. The highest BCUT2D eigenvalue weighted by Gasteiger charge is 2.30. The minimum Gasteiger partial charge on any atom is -0.373 e. The van der Waals surface area contributed by atoms with Gasteiger partial charge in [0, 0.05) is 42.7 Å². The number of carbonyl (C=O) groups excluding carboxylic acids is 2. The molecule has 0 unspecified atom stereocenters. The average Bonchev–Trinajstić information content (AvgIpc) is 3.51. The molecule has 0 radical (unpaired) electrons. The van der Waals surface area contributed by atoms with Crippen LogP contribution in [0, 0.1) is 0 Å². The Morgan fingerprint density at radius 1 is 0.946 bits per heavy atom. The average molecular weight is 496 g/mol. The number of nitrogens with one attached hydrogen (secondary N) is 2. The Kier molecular flexibility index (Phi) is 7.37. The monoisotopic (exact) mass is 495 g/mol. The van der Waals surface area contributed by atoms with Gasteiger partial charge in [0.25, 0.3) is 5.91 Å². The molecule has 37 heavy (non-hydrogen) atoms. The molecule has 1 aromatic heterocycles. The van der Waals surface area contributed by atoms with Crippen molar-refractivity contribution in [2.24, 2.45) is 0 Å². The van der Waals surface area contributed by atoms with E-state index >= 15 is 0 Å². The molecule has 1 saturated heterocycles. The van der Waals surface area contributed by atoms with Crippen LogP contribution in [0.5, 0.6) is 0 Å². The summed E-state index contributed by atoms with van der Waals surface area (Å²) >= 11 is 0. The number of hydrogen-bond donors (Lipinski definition) is 2. The number of carbonyl (C=O) groups is 2. The van der Waals surface area contributed by atoms with Crippen LogP contribution < -0.4 is 10.6 Å². The van der Waals surface area contributed by atoms with E-state index in [2.05, 4.69) is 22.8 Å². The lowest BCUT2D eigenvalue weighted by Crippen LogP contribution is -2.40. The number of amides is 2. The normalized spacial score (nSPS) is 17.1. The fourth-order valence-corrected chi connectivity index (χ4v) is 4.93. The molecule has 0 bridgehead atoms. The number of aromatic nitrogens is 1. The van der Waals surface area contributed by atoms with Crippen LogP contribution in [0.3, 0.4) is 0 Å². The second-order valence-electron chi connectivity index (χ2n) is 9.99. The largest absolute Gasteiger partial charge is 0.373 e. The van der Waals surface area contributed by atoms with Crippen molar-refractivity contribution < 1.29 is 14.3 Å². The van der Waals surface area contributed by atoms with Crippen LogP contribution in [0.15, 0.2) is 84.9 Å². The van der Waals surface area contributed by atoms with Crippen LogP contribution in [0.25, 0.3) is 10.9 Å². The Morgan fingerprint density at radius 2 is 1.68 bits per heavy atom. The Morgan fingerprint density at radius 3 is 2.38 bits per heavy atom. The predicted molar refractivity (Wildman–Crippen MR) is 147 cm³/mol. The third-order valence-corrected chi connectivity index (χ3v) is 7.01. The zero-order valence-electron chi connectivity index (χ0n) is 21.2. The third-order valence-electron chi connectivity index (χ3n) is 7.01. The Bertz CT molecular complexity index is 1370. The van der Waals surface area contributed by atoms with Crippen molar-refractivity contribution in [3.8, 4) is 0 Å². The van der Waals surface area contributed by atoms with Crippen molar-refractivity contribution in [1.29, 1.82) is 0 Å². The molecule has 1 aliphatic heterocycles. The van der Waals surface area contributed by atoms with Gasteiger partial charge >= 0.3 is 0 Å². The molecule has 0 spiro atoms. The van der Waals surface area contributed by atoms with Gasteiger partial charge in [0.1, 0.15) is 5.69 Å². The number of rotatable bonds is 9. The molecular weight excluding hydrogens is 462 g/mol. The second kappa shape index (κ2) is 11.0. The number of nitrogens with zero attached hydrogens (tertiary/aromatic N) is 1. The van der Waals surface area contributed by atoms with Gasteiger partial charge in [-0.2, -0.15) is 0 Å². The Labute approximate surface area is 217 Å². The molecule has 1 aliphatic rings. The van der Waals surface area contributed by atoms with Crippen molar-refractivity contribution in [2.45, 2.75) is 44.8 Å². The molecular formula is C31H33N3O3. The number of anilines is 1. The number of ether oxygens (including phenoxy) is 1. The van der Waals surface area contributed by atoms with Crippen LogP contribution in [0.1, 0.15) is 47.8 Å². The van der Waals surface area contributed by atoms with Crippen molar-refractivity contribution in [3.63, 3.8) is 0 Å². The van der Waals surface area contributed by atoms with Crippen LogP contribution in [0.4, 0.5) is 5.69 Å². The lowest BCUT2D eigenvalue weighted by Gasteiger charge is -2.23. The van der Waals surface area contributed by atoms with Gasteiger partial charge in [-0.15, -0.1) is 0 Å². The molecule has 6 nitrogen and oxygen atoms in total. The third kappa shape index (κ3) is 6.09. The molecule has 3 aromatic carbocycles. The summed E-state index contributed by atoms with van der Waals surface area (Å²) in [5.74, 6) is -0.160. The van der Waals surface area contributed by atoms with E-state index in [0.29, 0.717) is 31.6 Å². The van der Waals surface area contributed by atoms with E-state index < -0.39 is 0 Å². The van der Waals surface area contributed by atoms with Gasteiger partial charge in [-0.3, -0.25) is 9.59 Å². The summed E-state index contributed by atoms with van der Waals surface area (Å²) in [6.45, 7) is 3.83. The fraction of sp³-hybridized carbons (Fsp3) is 0.290. The summed E-state index contributed by atoms with van der Waals surface area (Å²) in [6, 6.07) is 27.8. The first-order valence-corrected chi connectivity index (χ1v) is 12.9. The summed E-state index contributed by atoms with van der Waals surface area (Å²) in [5, 5.41) is 7.01. The molecule has 6 heteroatoms. The minimum atomic E-state index is -0.316. The Balaban J connectivity index is 1.36. The molecule has 2 amide bonds. The SMILES string of the molecule is C[C@]1(CNC(=O)c2cc3cc(NC(=O)CCc4ccccc4)ccc3n2Cc2ccccc2)CCCO1. The van der Waals surface area contributed by atoms with E-state index in [9.17, 15) is 9.59 Å². The fourth-order valence-electron chi connectivity index (χ4n) is 4.93. The van der Waals surface area contributed by atoms with Crippen LogP contribution >= 0.6 is 0 Å². The van der Waals surface area contributed by atoms with E-state index in [4.69, 9.17) is 4.74 Å². The maximum Gasteiger partial charge on any atom is 0.268 e. The molecule has 0 aliphatic carbocycles. The van der Waals surface area contributed by atoms with E-state index in [0.717, 1.165) is 47.2 Å². The van der Waals surface area contributed by atoms with Crippen LogP contribution in [-0.4, -0.2) is 35.1 Å². The van der Waals surface area contributed by atoms with Crippen molar-refractivity contribution >= 4 is 28.4 Å². The molecule has 0 saturated carbocycles. The zero-order chi connectivity index (χ0) is 25.7. The van der Waals surface area contributed by atoms with Gasteiger partial charge in [0.05, 0.1) is 5.60 Å². The van der Waals surface area contributed by atoms with Gasteiger partial charge in [0.15, 0.2) is 0 Å². The van der Waals surface area contributed by atoms with Crippen LogP contribution in [-0.2, 0) is 22.5 Å². The van der Waals surface area contributed by atoms with E-state index in [1.807, 2.05) is 84.3 Å². The standard InChI is InChI=1S/C31H33N3O3/c1-31(17-8-18-37-31)22-32-30(36)28-20-25-19-26(33-29(35)16-13-23-9-4-2-5-10-23)14-15-27(25)34(28)21-24-11-6-3-7-12-24/h2-7,9-12,14-15,19-20H,8,13,16-18,21-22H2,1H3,(H,32,36)(H,33,35)/t31-/m1/s1. The van der Waals surface area contributed by atoms with Gasteiger partial charge < -0.3 is 19.9 Å². The van der Waals surface area contributed by atoms with E-state index in [-0.39, 0.29) is 17.4 Å². The van der Waals surface area contributed by atoms with Gasteiger partial charge in [-0.05, 0) is 61.6 Å². The summed E-state index contributed by atoms with van der Waals surface area (Å²) < 4.78 is 7.89. The topological polar surface area (TPSA) is 72.4 Å². The molecule has 2 N–H and O–H groups in total. The van der Waals surface area contributed by atoms with Crippen molar-refractivity contribution in [2.75, 3.05) is 18.5 Å². The molecule has 2 heterocycles. The van der Waals surface area contributed by atoms with Crippen LogP contribution in [0.2, 0.25) is 0 Å². The molecule has 1 fully saturated rings. The Hall–Kier alpha value is -3.90. The smallest absolute Gasteiger partial charge is 0.268 e. The lowest BCUT2D eigenvalue weighted by molar-refractivity contribution is -0.116. The number of fused-ring (bicyclic) bond motifs is 1. The summed E-state index contributed by atoms with van der Waals surface area (Å²) in [5.41, 5.74) is 4.19. The number of hydrogen-bond acceptors (Lipinski definition) is 3. The maximum absolute atomic E-state index is 13.3. The molecule has 190 valence electrons. The maximum atomic E-state index is 13.3. The molecule has 1 atom stereocenters. The second-order valence-corrected chi connectivity index (χ2v) is 9.99. The highest BCUT2D eigenvalue weighted by molar-refractivity contribution is 6.00. The summed E-state index contributed by atoms with van der Waals surface area (Å²) in [6.07, 6.45) is 3.05. The highest BCUT2D eigenvalue weighted by Crippen LogP contribution is 2.27. The van der Waals surface area contributed by atoms with Gasteiger partial charge in [-0.1, -0.05) is 60.7 Å². The number of benzene rings is 3. The molecule has 4 aromatic rings. The van der Waals surface area contributed by atoms with Crippen molar-refractivity contribution in [3.05, 3.63) is 102 Å². The summed E-state index contributed by atoms with van der Waals surface area (Å²) in [7, 11) is 0. The number of aryl methyl sites for hydroxylation is 1. The highest BCUT2D eigenvalue weighted by atomic mass is 16.5. The first-order chi connectivity index (χ1) is 18.0. The predicted octanol–water partition coefficient (Wildman–Crippen LogP) is 5.56. The van der Waals surface area contributed by atoms with E-state index in [1.165, 1.54) is 0 Å². The van der Waals surface area contributed by atoms with Gasteiger partial charge in [0.2, 0.25) is 5.91 Å². The minimum absolute atomic E-state index is 0.0327. The van der Waals surface area contributed by atoms with Gasteiger partial charge in [-0.25, -0.2) is 0 Å². The lowest BCUT2D eigenvalue weighted by atomic mass is 10.0. The summed E-state index contributed by atoms with van der Waals surface area (Å²) in [4.78, 5) is 25.9. The van der Waals surface area contributed by atoms with Crippen molar-refractivity contribution in [1.82, 2.24) is 9.88 Å². The first-order valence-electron chi connectivity index (χ1n) is 12.9. The molecule has 5 rings (SSSR count).